The quantitative estimate of drug-likeness (QED) is 0.866. The molecule has 0 aliphatic heterocycles. The average Bonchev–Trinajstić information content (AvgIpc) is 2.87. The van der Waals surface area contributed by atoms with Gasteiger partial charge in [0.1, 0.15) is 0 Å². The van der Waals surface area contributed by atoms with Crippen molar-refractivity contribution in [2.24, 2.45) is 5.73 Å². The Morgan fingerprint density at radius 3 is 2.89 bits per heavy atom. The smallest absolute Gasteiger partial charge is 0.167 e. The lowest BCUT2D eigenvalue weighted by Gasteiger charge is -2.25. The van der Waals surface area contributed by atoms with E-state index in [1.807, 2.05) is 11.6 Å². The van der Waals surface area contributed by atoms with Gasteiger partial charge in [-0.2, -0.15) is 0 Å². The van der Waals surface area contributed by atoms with Gasteiger partial charge in [0, 0.05) is 0 Å². The van der Waals surface area contributed by atoms with Crippen LogP contribution in [0.5, 0.6) is 0 Å². The zero-order chi connectivity index (χ0) is 12.5. The van der Waals surface area contributed by atoms with Crippen LogP contribution in [0.3, 0.4) is 0 Å². The fraction of sp³-hybridized carbons (Fsp3) is 0.462. The van der Waals surface area contributed by atoms with Gasteiger partial charge in [-0.3, -0.25) is 0 Å². The van der Waals surface area contributed by atoms with Gasteiger partial charge in [0.25, 0.3) is 0 Å². The van der Waals surface area contributed by atoms with Crippen molar-refractivity contribution in [3.05, 3.63) is 41.2 Å². The van der Waals surface area contributed by atoms with Crippen LogP contribution >= 0.6 is 0 Å². The van der Waals surface area contributed by atoms with Crippen molar-refractivity contribution < 1.29 is 0 Å². The van der Waals surface area contributed by atoms with Crippen molar-refractivity contribution in [3.8, 4) is 0 Å². The van der Waals surface area contributed by atoms with Gasteiger partial charge in [-0.15, -0.1) is 5.10 Å². The fourth-order valence-electron chi connectivity index (χ4n) is 2.65. The maximum atomic E-state index is 5.90. The summed E-state index contributed by atoms with van der Waals surface area (Å²) >= 11 is 0. The van der Waals surface area contributed by atoms with Crippen LogP contribution in [0.4, 0.5) is 0 Å². The number of nitrogens with two attached hydrogens (primary N) is 1. The Balaban J connectivity index is 1.90. The van der Waals surface area contributed by atoms with Crippen molar-refractivity contribution >= 4 is 0 Å². The molecule has 1 aromatic carbocycles. The minimum atomic E-state index is -0.128. The minimum Gasteiger partial charge on any atom is -0.322 e. The van der Waals surface area contributed by atoms with Crippen LogP contribution in [-0.2, 0) is 12.8 Å². The zero-order valence-electron chi connectivity index (χ0n) is 10.5. The van der Waals surface area contributed by atoms with E-state index in [-0.39, 0.29) is 6.04 Å². The Labute approximate surface area is 106 Å². The second-order valence-electron chi connectivity index (χ2n) is 4.94. The highest BCUT2D eigenvalue weighted by Crippen LogP contribution is 2.29. The molecule has 0 spiro atoms. The predicted octanol–water partition coefficient (Wildman–Crippen LogP) is 1.42. The van der Waals surface area contributed by atoms with E-state index >= 15 is 0 Å². The second-order valence-corrected chi connectivity index (χ2v) is 4.94. The number of aryl methyl sites for hydroxylation is 1. The van der Waals surface area contributed by atoms with E-state index in [0.29, 0.717) is 6.04 Å². The zero-order valence-corrected chi connectivity index (χ0v) is 10.5. The number of tetrazole rings is 1. The summed E-state index contributed by atoms with van der Waals surface area (Å²) in [5.74, 6) is 0.777. The van der Waals surface area contributed by atoms with Crippen LogP contribution in [-0.4, -0.2) is 20.2 Å². The highest BCUT2D eigenvalue weighted by atomic mass is 15.6. The molecule has 18 heavy (non-hydrogen) atoms. The van der Waals surface area contributed by atoms with E-state index in [1.165, 1.54) is 11.1 Å². The molecule has 1 heterocycles. The first-order valence-electron chi connectivity index (χ1n) is 6.36. The number of hydrogen-bond acceptors (Lipinski definition) is 4. The first-order chi connectivity index (χ1) is 8.75. The molecular weight excluding hydrogens is 226 g/mol. The van der Waals surface area contributed by atoms with E-state index in [1.54, 1.807) is 0 Å². The summed E-state index contributed by atoms with van der Waals surface area (Å²) in [6, 6.07) is 8.79. The fourth-order valence-corrected chi connectivity index (χ4v) is 2.65. The van der Waals surface area contributed by atoms with Gasteiger partial charge in [0.05, 0.1) is 12.1 Å². The van der Waals surface area contributed by atoms with Gasteiger partial charge in [-0.05, 0) is 47.7 Å². The molecule has 0 fully saturated rings. The Morgan fingerprint density at radius 2 is 2.11 bits per heavy atom. The van der Waals surface area contributed by atoms with E-state index < -0.39 is 0 Å². The molecule has 0 saturated heterocycles. The molecule has 2 aromatic rings. The molecule has 1 aliphatic carbocycles. The lowest BCUT2D eigenvalue weighted by molar-refractivity contribution is 0.378. The molecule has 0 radical (unpaired) electrons. The van der Waals surface area contributed by atoms with E-state index in [4.69, 9.17) is 5.73 Å². The number of fused-ring (bicyclic) bond motifs is 1. The molecule has 3 rings (SSSR count). The molecule has 2 atom stereocenters. The third-order valence-corrected chi connectivity index (χ3v) is 3.59. The lowest BCUT2D eigenvalue weighted by atomic mass is 9.88. The van der Waals surface area contributed by atoms with Crippen molar-refractivity contribution in [2.45, 2.75) is 38.3 Å². The Hall–Kier alpha value is -1.75. The molecule has 1 aromatic heterocycles. The summed E-state index contributed by atoms with van der Waals surface area (Å²) in [6.07, 6.45) is 3.14. The average molecular weight is 243 g/mol. The number of rotatable bonds is 2. The van der Waals surface area contributed by atoms with Gasteiger partial charge in [-0.1, -0.05) is 24.3 Å². The molecule has 1 aliphatic rings. The van der Waals surface area contributed by atoms with Crippen molar-refractivity contribution in [3.63, 3.8) is 0 Å². The number of benzene rings is 1. The van der Waals surface area contributed by atoms with E-state index in [2.05, 4.69) is 39.8 Å². The molecule has 0 amide bonds. The first kappa shape index (κ1) is 11.3. The largest absolute Gasteiger partial charge is 0.322 e. The lowest BCUT2D eigenvalue weighted by Crippen LogP contribution is -2.24. The Kier molecular flexibility index (Phi) is 2.83. The predicted molar refractivity (Wildman–Crippen MR) is 67.9 cm³/mol. The summed E-state index contributed by atoms with van der Waals surface area (Å²) in [5.41, 5.74) is 8.75. The van der Waals surface area contributed by atoms with Gasteiger partial charge in [-0.25, -0.2) is 4.68 Å². The number of hydrogen-bond donors (Lipinski definition) is 1. The summed E-state index contributed by atoms with van der Waals surface area (Å²) in [6.45, 7) is 1.92. The summed E-state index contributed by atoms with van der Waals surface area (Å²) in [5, 5.41) is 11.9. The van der Waals surface area contributed by atoms with Crippen molar-refractivity contribution in [2.75, 3.05) is 0 Å². The SMILES string of the molecule is CC(N)c1nnnn1C1CCc2ccccc2C1. The summed E-state index contributed by atoms with van der Waals surface area (Å²) < 4.78 is 1.90. The molecule has 0 bridgehead atoms. The van der Waals surface area contributed by atoms with Crippen LogP contribution < -0.4 is 5.73 Å². The maximum absolute atomic E-state index is 5.90. The topological polar surface area (TPSA) is 69.6 Å². The van der Waals surface area contributed by atoms with Crippen LogP contribution in [0.2, 0.25) is 0 Å². The van der Waals surface area contributed by atoms with Gasteiger partial charge < -0.3 is 5.73 Å². The number of nitrogens with zero attached hydrogens (tertiary/aromatic N) is 4. The summed E-state index contributed by atoms with van der Waals surface area (Å²) in [7, 11) is 0. The Morgan fingerprint density at radius 1 is 1.33 bits per heavy atom. The van der Waals surface area contributed by atoms with Gasteiger partial charge in [0.15, 0.2) is 5.82 Å². The normalized spacial score (nSPS) is 20.4. The van der Waals surface area contributed by atoms with Crippen LogP contribution in [0.15, 0.2) is 24.3 Å². The van der Waals surface area contributed by atoms with Crippen LogP contribution in [0.1, 0.15) is 42.4 Å². The van der Waals surface area contributed by atoms with Crippen LogP contribution in [0, 0.1) is 0 Å². The third kappa shape index (κ3) is 1.90. The maximum Gasteiger partial charge on any atom is 0.167 e. The van der Waals surface area contributed by atoms with Crippen molar-refractivity contribution in [1.82, 2.24) is 20.2 Å². The molecule has 94 valence electrons. The van der Waals surface area contributed by atoms with Crippen LogP contribution in [0.25, 0.3) is 0 Å². The second kappa shape index (κ2) is 4.49. The van der Waals surface area contributed by atoms with Gasteiger partial charge >= 0.3 is 0 Å². The summed E-state index contributed by atoms with van der Waals surface area (Å²) in [4.78, 5) is 0. The minimum absolute atomic E-state index is 0.128. The number of aromatic nitrogens is 4. The van der Waals surface area contributed by atoms with E-state index in [9.17, 15) is 0 Å². The third-order valence-electron chi connectivity index (χ3n) is 3.59. The molecule has 5 nitrogen and oxygen atoms in total. The molecule has 0 saturated carbocycles. The standard InChI is InChI=1S/C13H17N5/c1-9(14)13-15-16-17-18(13)12-7-6-10-4-2-3-5-11(10)8-12/h2-5,9,12H,6-8,14H2,1H3. The monoisotopic (exact) mass is 243 g/mol. The molecular formula is C13H17N5. The molecule has 5 heteroatoms. The molecule has 2 N–H and O–H groups in total. The highest BCUT2D eigenvalue weighted by molar-refractivity contribution is 5.30. The Bertz CT molecular complexity index is 546. The highest BCUT2D eigenvalue weighted by Gasteiger charge is 2.24. The van der Waals surface area contributed by atoms with Crippen molar-refractivity contribution in [1.29, 1.82) is 0 Å². The van der Waals surface area contributed by atoms with Gasteiger partial charge in [0.2, 0.25) is 0 Å². The first-order valence-corrected chi connectivity index (χ1v) is 6.36. The van der Waals surface area contributed by atoms with E-state index in [0.717, 1.165) is 25.1 Å². The molecule has 2 unspecified atom stereocenters.